The molecule has 2 rings (SSSR count). The minimum absolute atomic E-state index is 0.146. The number of anilines is 1. The Morgan fingerprint density at radius 2 is 1.70 bits per heavy atom. The van der Waals surface area contributed by atoms with Crippen molar-refractivity contribution < 1.29 is 31.5 Å². The van der Waals surface area contributed by atoms with Crippen molar-refractivity contribution in [2.45, 2.75) is 17.9 Å². The molecule has 0 aliphatic heterocycles. The van der Waals surface area contributed by atoms with E-state index in [0.717, 1.165) is 12.1 Å². The van der Waals surface area contributed by atoms with Crippen molar-refractivity contribution in [2.24, 2.45) is 0 Å². The van der Waals surface area contributed by atoms with Gasteiger partial charge in [0.15, 0.2) is 11.5 Å². The van der Waals surface area contributed by atoms with E-state index in [-0.39, 0.29) is 16.3 Å². The van der Waals surface area contributed by atoms with Crippen molar-refractivity contribution in [2.75, 3.05) is 19.5 Å². The van der Waals surface area contributed by atoms with Gasteiger partial charge in [-0.2, -0.15) is 4.72 Å². The van der Waals surface area contributed by atoms with Crippen molar-refractivity contribution in [1.82, 2.24) is 4.72 Å². The number of halogens is 2. The van der Waals surface area contributed by atoms with E-state index in [4.69, 9.17) is 9.47 Å². The average Bonchev–Trinajstić information content (AvgIpc) is 2.62. The summed E-state index contributed by atoms with van der Waals surface area (Å²) in [6.07, 6.45) is 0. The zero-order chi connectivity index (χ0) is 20.2. The van der Waals surface area contributed by atoms with E-state index in [2.05, 4.69) is 10.0 Å². The number of hydrogen-bond acceptors (Lipinski definition) is 5. The summed E-state index contributed by atoms with van der Waals surface area (Å²) >= 11 is 0. The molecule has 1 amide bonds. The van der Waals surface area contributed by atoms with E-state index in [9.17, 15) is 22.0 Å². The van der Waals surface area contributed by atoms with Gasteiger partial charge < -0.3 is 14.8 Å². The maximum Gasteiger partial charge on any atom is 0.242 e. The molecule has 1 atom stereocenters. The van der Waals surface area contributed by atoms with Crippen LogP contribution in [0.2, 0.25) is 0 Å². The molecule has 0 saturated carbocycles. The summed E-state index contributed by atoms with van der Waals surface area (Å²) in [5, 5.41) is 2.20. The highest BCUT2D eigenvalue weighted by Crippen LogP contribution is 2.29. The SMILES string of the molecule is COc1ccc(S(=O)(=O)N[C@H](C)C(=O)Nc2ccc(F)cc2F)cc1OC. The Balaban J connectivity index is 2.15. The summed E-state index contributed by atoms with van der Waals surface area (Å²) in [6.45, 7) is 1.29. The van der Waals surface area contributed by atoms with Crippen LogP contribution in [0.1, 0.15) is 6.92 Å². The highest BCUT2D eigenvalue weighted by molar-refractivity contribution is 7.89. The first-order valence-electron chi connectivity index (χ1n) is 7.68. The number of carbonyl (C=O) groups excluding carboxylic acids is 1. The first-order valence-corrected chi connectivity index (χ1v) is 9.16. The molecule has 27 heavy (non-hydrogen) atoms. The second kappa shape index (κ2) is 8.31. The van der Waals surface area contributed by atoms with Gasteiger partial charge in [0, 0.05) is 12.1 Å². The number of sulfonamides is 1. The Hall–Kier alpha value is -2.72. The molecule has 0 aliphatic carbocycles. The zero-order valence-corrected chi connectivity index (χ0v) is 15.6. The molecule has 10 heteroatoms. The Morgan fingerprint density at radius 3 is 2.30 bits per heavy atom. The quantitative estimate of drug-likeness (QED) is 0.744. The number of hydrogen-bond donors (Lipinski definition) is 2. The molecular formula is C17H18F2N2O5S. The van der Waals surface area contributed by atoms with Gasteiger partial charge in [0.2, 0.25) is 15.9 Å². The van der Waals surface area contributed by atoms with Gasteiger partial charge in [-0.05, 0) is 31.2 Å². The van der Waals surface area contributed by atoms with Gasteiger partial charge in [-0.15, -0.1) is 0 Å². The Morgan fingerprint density at radius 1 is 1.04 bits per heavy atom. The van der Waals surface area contributed by atoms with Crippen LogP contribution in [0.4, 0.5) is 14.5 Å². The monoisotopic (exact) mass is 400 g/mol. The molecule has 0 radical (unpaired) electrons. The zero-order valence-electron chi connectivity index (χ0n) is 14.7. The van der Waals surface area contributed by atoms with Crippen molar-refractivity contribution in [3.05, 3.63) is 48.0 Å². The summed E-state index contributed by atoms with van der Waals surface area (Å²) < 4.78 is 63.7. The molecule has 2 aromatic rings. The maximum atomic E-state index is 13.6. The number of carbonyl (C=O) groups is 1. The third-order valence-corrected chi connectivity index (χ3v) is 5.12. The first kappa shape index (κ1) is 20.6. The molecule has 0 fully saturated rings. The number of ether oxygens (including phenoxy) is 2. The number of methoxy groups -OCH3 is 2. The predicted molar refractivity (Wildman–Crippen MR) is 94.3 cm³/mol. The fourth-order valence-corrected chi connectivity index (χ4v) is 3.39. The van der Waals surface area contributed by atoms with E-state index in [1.165, 1.54) is 39.3 Å². The molecule has 2 N–H and O–H groups in total. The van der Waals surface area contributed by atoms with Gasteiger partial charge >= 0.3 is 0 Å². The summed E-state index contributed by atoms with van der Waals surface area (Å²) in [5.74, 6) is -2.05. The number of benzene rings is 2. The maximum absolute atomic E-state index is 13.6. The largest absolute Gasteiger partial charge is 0.493 e. The Kier molecular flexibility index (Phi) is 6.34. The van der Waals surface area contributed by atoms with Crippen LogP contribution in [-0.4, -0.2) is 34.6 Å². The van der Waals surface area contributed by atoms with Crippen LogP contribution in [0.15, 0.2) is 41.3 Å². The molecule has 0 bridgehead atoms. The second-order valence-electron chi connectivity index (χ2n) is 5.47. The van der Waals surface area contributed by atoms with E-state index in [1.54, 1.807) is 0 Å². The van der Waals surface area contributed by atoms with Gasteiger partial charge in [-0.25, -0.2) is 17.2 Å². The predicted octanol–water partition coefficient (Wildman–Crippen LogP) is 2.29. The fourth-order valence-electron chi connectivity index (χ4n) is 2.17. The van der Waals surface area contributed by atoms with Crippen LogP contribution < -0.4 is 19.5 Å². The van der Waals surface area contributed by atoms with Gasteiger partial charge in [-0.1, -0.05) is 0 Å². The highest BCUT2D eigenvalue weighted by atomic mass is 32.2. The molecule has 0 spiro atoms. The van der Waals surface area contributed by atoms with Gasteiger partial charge in [-0.3, -0.25) is 4.79 Å². The molecule has 0 aliphatic rings. The lowest BCUT2D eigenvalue weighted by atomic mass is 10.2. The van der Waals surface area contributed by atoms with E-state index < -0.39 is 33.6 Å². The van der Waals surface area contributed by atoms with Gasteiger partial charge in [0.25, 0.3) is 0 Å². The van der Waals surface area contributed by atoms with Crippen molar-refractivity contribution >= 4 is 21.6 Å². The second-order valence-corrected chi connectivity index (χ2v) is 7.19. The van der Waals surface area contributed by atoms with E-state index in [1.807, 2.05) is 0 Å². The molecule has 0 aromatic heterocycles. The smallest absolute Gasteiger partial charge is 0.242 e. The number of amides is 1. The van der Waals surface area contributed by atoms with Crippen molar-refractivity contribution in [3.63, 3.8) is 0 Å². The van der Waals surface area contributed by atoms with Gasteiger partial charge in [0.05, 0.1) is 30.8 Å². The third-order valence-electron chi connectivity index (χ3n) is 3.58. The van der Waals surface area contributed by atoms with Crippen LogP contribution in [0.3, 0.4) is 0 Å². The van der Waals surface area contributed by atoms with E-state index in [0.29, 0.717) is 11.8 Å². The molecular weight excluding hydrogens is 382 g/mol. The average molecular weight is 400 g/mol. The van der Waals surface area contributed by atoms with Crippen LogP contribution in [0, 0.1) is 11.6 Å². The lowest BCUT2D eigenvalue weighted by Gasteiger charge is -2.16. The summed E-state index contributed by atoms with van der Waals surface area (Å²) in [6, 6.07) is 5.32. The topological polar surface area (TPSA) is 93.7 Å². The minimum Gasteiger partial charge on any atom is -0.493 e. The number of rotatable bonds is 7. The van der Waals surface area contributed by atoms with Crippen LogP contribution >= 0.6 is 0 Å². The van der Waals surface area contributed by atoms with Crippen LogP contribution in [0.25, 0.3) is 0 Å². The summed E-state index contributed by atoms with van der Waals surface area (Å²) in [4.78, 5) is 12.0. The van der Waals surface area contributed by atoms with Crippen molar-refractivity contribution in [1.29, 1.82) is 0 Å². The lowest BCUT2D eigenvalue weighted by molar-refractivity contribution is -0.117. The first-order chi connectivity index (χ1) is 12.7. The minimum atomic E-state index is -4.07. The molecule has 146 valence electrons. The third kappa shape index (κ3) is 4.92. The molecule has 7 nitrogen and oxygen atoms in total. The van der Waals surface area contributed by atoms with E-state index >= 15 is 0 Å². The molecule has 2 aromatic carbocycles. The fraction of sp³-hybridized carbons (Fsp3) is 0.235. The molecule has 0 unspecified atom stereocenters. The molecule has 0 heterocycles. The van der Waals surface area contributed by atoms with Gasteiger partial charge in [0.1, 0.15) is 11.6 Å². The van der Waals surface area contributed by atoms with Crippen LogP contribution in [-0.2, 0) is 14.8 Å². The lowest BCUT2D eigenvalue weighted by Crippen LogP contribution is -2.41. The Bertz CT molecular complexity index is 950. The summed E-state index contributed by atoms with van der Waals surface area (Å²) in [7, 11) is -1.31. The van der Waals surface area contributed by atoms with Crippen molar-refractivity contribution in [3.8, 4) is 11.5 Å². The summed E-state index contributed by atoms with van der Waals surface area (Å²) in [5.41, 5.74) is -0.265. The standard InChI is InChI=1S/C17H18F2N2O5S/c1-10(17(22)20-14-6-4-11(18)8-13(14)19)21-27(23,24)12-5-7-15(25-2)16(9-12)26-3/h4-10,21H,1-3H3,(H,20,22)/t10-/m1/s1. The highest BCUT2D eigenvalue weighted by Gasteiger charge is 2.24. The normalized spacial score (nSPS) is 12.3. The molecule has 0 saturated heterocycles. The van der Waals surface area contributed by atoms with Crippen LogP contribution in [0.5, 0.6) is 11.5 Å². The number of nitrogens with one attached hydrogen (secondary N) is 2. The Labute approximate surface area is 155 Å².